The highest BCUT2D eigenvalue weighted by atomic mass is 28.4. The number of hydrogen-bond acceptors (Lipinski definition) is 3. The Labute approximate surface area is 181 Å². The molecule has 0 radical (unpaired) electrons. The van der Waals surface area contributed by atoms with Gasteiger partial charge < -0.3 is 9.16 Å². The van der Waals surface area contributed by atoms with Crippen molar-refractivity contribution in [3.63, 3.8) is 0 Å². The number of hydrogen-bond donors (Lipinski definition) is 0. The summed E-state index contributed by atoms with van der Waals surface area (Å²) < 4.78 is 12.7. The third-order valence-corrected chi connectivity index (χ3v) is 12.0. The van der Waals surface area contributed by atoms with Gasteiger partial charge in [-0.2, -0.15) is 0 Å². The number of methoxy groups -OCH3 is 1. The van der Waals surface area contributed by atoms with Crippen molar-refractivity contribution in [2.75, 3.05) is 7.11 Å². The van der Waals surface area contributed by atoms with E-state index in [4.69, 9.17) is 9.16 Å². The third-order valence-electron chi connectivity index (χ3n) is 6.89. The summed E-state index contributed by atoms with van der Waals surface area (Å²) in [5.74, 6) is 0.0353. The number of carbonyl (C=O) groups is 1. The van der Waals surface area contributed by atoms with Gasteiger partial charge in [-0.3, -0.25) is 0 Å². The lowest BCUT2D eigenvalue weighted by molar-refractivity contribution is -0.141. The van der Waals surface area contributed by atoms with Crippen LogP contribution in [0.2, 0.25) is 5.04 Å². The molecule has 2 aromatic carbocycles. The van der Waals surface area contributed by atoms with E-state index in [1.54, 1.807) is 0 Å². The Bertz CT molecular complexity index is 890. The van der Waals surface area contributed by atoms with E-state index in [1.165, 1.54) is 23.9 Å². The van der Waals surface area contributed by atoms with E-state index in [0.29, 0.717) is 0 Å². The van der Waals surface area contributed by atoms with Gasteiger partial charge in [-0.05, 0) is 28.3 Å². The van der Waals surface area contributed by atoms with Crippen molar-refractivity contribution in [1.29, 1.82) is 0 Å². The van der Waals surface area contributed by atoms with Crippen LogP contribution in [0, 0.1) is 5.92 Å². The molecular weight excluding hydrogens is 388 g/mol. The van der Waals surface area contributed by atoms with Crippen LogP contribution >= 0.6 is 0 Å². The lowest BCUT2D eigenvalue weighted by Crippen LogP contribution is -2.72. The van der Waals surface area contributed by atoms with E-state index in [1.807, 2.05) is 0 Å². The van der Waals surface area contributed by atoms with Crippen LogP contribution in [0.5, 0.6) is 0 Å². The summed E-state index contributed by atoms with van der Waals surface area (Å²) >= 11 is 0. The van der Waals surface area contributed by atoms with Crippen molar-refractivity contribution in [3.8, 4) is 0 Å². The Morgan fingerprint density at radius 1 is 0.967 bits per heavy atom. The molecule has 2 aliphatic rings. The first kappa shape index (κ1) is 21.1. The van der Waals surface area contributed by atoms with Gasteiger partial charge in [0, 0.05) is 5.92 Å². The van der Waals surface area contributed by atoms with E-state index < -0.39 is 13.9 Å². The van der Waals surface area contributed by atoms with E-state index in [9.17, 15) is 4.79 Å². The maximum Gasteiger partial charge on any atom is 0.336 e. The average Bonchev–Trinajstić information content (AvgIpc) is 2.74. The molecule has 0 spiro atoms. The molecule has 0 bridgehead atoms. The van der Waals surface area contributed by atoms with Gasteiger partial charge in [0.25, 0.3) is 8.32 Å². The second-order valence-corrected chi connectivity index (χ2v) is 13.8. The second-order valence-electron chi connectivity index (χ2n) is 9.58. The summed E-state index contributed by atoms with van der Waals surface area (Å²) in [6.45, 7) is 6.86. The Morgan fingerprint density at radius 3 is 2.00 bits per heavy atom. The molecule has 2 aliphatic carbocycles. The van der Waals surface area contributed by atoms with Crippen LogP contribution in [-0.2, 0) is 14.0 Å². The Kier molecular flexibility index (Phi) is 5.50. The first-order chi connectivity index (χ1) is 14.3. The molecule has 2 aromatic rings. The highest BCUT2D eigenvalue weighted by molar-refractivity contribution is 6.99. The molecule has 30 heavy (non-hydrogen) atoms. The Hall–Kier alpha value is -2.17. The molecule has 0 amide bonds. The van der Waals surface area contributed by atoms with Gasteiger partial charge in [0.1, 0.15) is 0 Å². The molecule has 4 rings (SSSR count). The molecule has 158 valence electrons. The van der Waals surface area contributed by atoms with Crippen LogP contribution in [-0.4, -0.2) is 27.0 Å². The minimum absolute atomic E-state index is 0.122. The molecule has 0 N–H and O–H groups in total. The van der Waals surface area contributed by atoms with Crippen molar-refractivity contribution in [2.45, 2.75) is 57.1 Å². The Morgan fingerprint density at radius 2 is 1.53 bits per heavy atom. The molecule has 0 heterocycles. The first-order valence-electron chi connectivity index (χ1n) is 11.0. The number of carbonyl (C=O) groups excluding carboxylic acids is 1. The van der Waals surface area contributed by atoms with Crippen LogP contribution in [0.3, 0.4) is 0 Å². The summed E-state index contributed by atoms with van der Waals surface area (Å²) in [5, 5.41) is 2.38. The third kappa shape index (κ3) is 3.17. The lowest BCUT2D eigenvalue weighted by Gasteiger charge is -2.57. The standard InChI is InChI=1S/C26H32O3Si/c1-25(2,3)30(21-14-7-5-8-15-21,22-16-9-6-10-17-22)29-26-18-12-11-13-20(26)19-23(26)24(27)28-4/h5-10,14-17,19-20H,11-13,18H2,1-4H3/t20-,26+/m1/s1. The fourth-order valence-electron chi connectivity index (χ4n) is 5.42. The van der Waals surface area contributed by atoms with Gasteiger partial charge >= 0.3 is 5.97 Å². The van der Waals surface area contributed by atoms with Crippen LogP contribution in [0.15, 0.2) is 72.3 Å². The summed E-state index contributed by atoms with van der Waals surface area (Å²) in [7, 11) is -1.28. The molecule has 2 atom stereocenters. The predicted molar refractivity (Wildman–Crippen MR) is 123 cm³/mol. The maximum atomic E-state index is 12.7. The molecule has 1 saturated carbocycles. The van der Waals surface area contributed by atoms with Gasteiger partial charge in [-0.15, -0.1) is 0 Å². The number of esters is 1. The Balaban J connectivity index is 1.93. The normalized spacial score (nSPS) is 23.7. The van der Waals surface area contributed by atoms with Gasteiger partial charge in [0.15, 0.2) is 0 Å². The van der Waals surface area contributed by atoms with Crippen LogP contribution < -0.4 is 10.4 Å². The van der Waals surface area contributed by atoms with E-state index in [0.717, 1.165) is 24.8 Å². The highest BCUT2D eigenvalue weighted by Crippen LogP contribution is 2.54. The van der Waals surface area contributed by atoms with Gasteiger partial charge in [0.05, 0.1) is 18.3 Å². The second kappa shape index (κ2) is 7.82. The van der Waals surface area contributed by atoms with Crippen LogP contribution in [0.25, 0.3) is 0 Å². The van der Waals surface area contributed by atoms with Gasteiger partial charge in [0.2, 0.25) is 0 Å². The first-order valence-corrected chi connectivity index (χ1v) is 12.9. The highest BCUT2D eigenvalue weighted by Gasteiger charge is 2.61. The summed E-state index contributed by atoms with van der Waals surface area (Å²) in [5.41, 5.74) is 0.180. The molecule has 0 saturated heterocycles. The quantitative estimate of drug-likeness (QED) is 0.524. The van der Waals surface area contributed by atoms with Gasteiger partial charge in [-0.25, -0.2) is 4.79 Å². The predicted octanol–water partition coefficient (Wildman–Crippen LogP) is 4.61. The topological polar surface area (TPSA) is 35.5 Å². The van der Waals surface area contributed by atoms with E-state index >= 15 is 0 Å². The van der Waals surface area contributed by atoms with Gasteiger partial charge in [-0.1, -0.05) is 100 Å². The molecular formula is C26H32O3Si. The minimum Gasteiger partial charge on any atom is -0.466 e. The zero-order valence-electron chi connectivity index (χ0n) is 18.5. The van der Waals surface area contributed by atoms with Crippen molar-refractivity contribution in [2.24, 2.45) is 5.92 Å². The maximum absolute atomic E-state index is 12.7. The van der Waals surface area contributed by atoms with Crippen molar-refractivity contribution in [1.82, 2.24) is 0 Å². The van der Waals surface area contributed by atoms with Crippen LogP contribution in [0.1, 0.15) is 46.5 Å². The number of ether oxygens (including phenoxy) is 1. The largest absolute Gasteiger partial charge is 0.466 e. The summed E-state index contributed by atoms with van der Waals surface area (Å²) in [4.78, 5) is 12.7. The fraction of sp³-hybridized carbons (Fsp3) is 0.423. The zero-order chi connectivity index (χ0) is 21.4. The summed E-state index contributed by atoms with van der Waals surface area (Å²) in [6.07, 6.45) is 6.30. The lowest BCUT2D eigenvalue weighted by atomic mass is 9.63. The molecule has 4 heteroatoms. The van der Waals surface area contributed by atoms with Crippen LogP contribution in [0.4, 0.5) is 0 Å². The molecule has 1 fully saturated rings. The number of rotatable bonds is 5. The fourth-order valence-corrected chi connectivity index (χ4v) is 10.3. The van der Waals surface area contributed by atoms with Crippen molar-refractivity contribution in [3.05, 3.63) is 72.3 Å². The van der Waals surface area contributed by atoms with E-state index in [2.05, 4.69) is 87.5 Å². The SMILES string of the molecule is COC(=O)C1=C[C@H]2CCCC[C@@]12O[Si](c1ccccc1)(c1ccccc1)C(C)(C)C. The molecule has 3 nitrogen and oxygen atoms in total. The summed E-state index contributed by atoms with van der Waals surface area (Å²) in [6, 6.07) is 21.3. The molecule has 0 unspecified atom stereocenters. The smallest absolute Gasteiger partial charge is 0.336 e. The zero-order valence-corrected chi connectivity index (χ0v) is 19.5. The monoisotopic (exact) mass is 420 g/mol. The van der Waals surface area contributed by atoms with Crippen molar-refractivity contribution < 1.29 is 14.0 Å². The van der Waals surface area contributed by atoms with E-state index in [-0.39, 0.29) is 16.9 Å². The minimum atomic E-state index is -2.75. The number of benzene rings is 2. The van der Waals surface area contributed by atoms with Crippen molar-refractivity contribution >= 4 is 24.7 Å². The number of fused-ring (bicyclic) bond motifs is 1. The molecule has 0 aromatic heterocycles. The average molecular weight is 421 g/mol. The molecule has 0 aliphatic heterocycles.